The molecule has 2 aromatic rings. The Balaban J connectivity index is 1.73. The first-order valence-corrected chi connectivity index (χ1v) is 11.2. The van der Waals surface area contributed by atoms with Crippen LogP contribution in [0.3, 0.4) is 0 Å². The Morgan fingerprint density at radius 1 is 0.929 bits per heavy atom. The van der Waals surface area contributed by atoms with Gasteiger partial charge in [0.05, 0.1) is 6.10 Å². The molecule has 3 unspecified atom stereocenters. The molecule has 3 atom stereocenters. The van der Waals surface area contributed by atoms with Crippen molar-refractivity contribution in [1.29, 1.82) is 0 Å². The second-order valence-corrected chi connectivity index (χ2v) is 8.89. The van der Waals surface area contributed by atoms with Crippen LogP contribution in [-0.2, 0) is 6.42 Å². The molecule has 1 fully saturated rings. The zero-order valence-corrected chi connectivity index (χ0v) is 17.2. The first kappa shape index (κ1) is 19.5. The lowest BCUT2D eigenvalue weighted by molar-refractivity contribution is 0.107. The number of aliphatic hydroxyl groups excluding tert-OH is 1. The standard InChI is InChI=1S/C27H34O/c1-2-3-4-9-16-23-19-24-25(28)17-18-27(24,20-21-12-7-5-8-13-21)26(23)22-14-10-6-11-15-22/h5-8,10-15,24-25,28H,2-4,9,16-20H2,1H3. The number of hydrogen-bond acceptors (Lipinski definition) is 1. The molecule has 28 heavy (non-hydrogen) atoms. The normalized spacial score (nSPS) is 26.6. The second-order valence-electron chi connectivity index (χ2n) is 8.89. The summed E-state index contributed by atoms with van der Waals surface area (Å²) < 4.78 is 0. The molecule has 0 spiro atoms. The van der Waals surface area contributed by atoms with Gasteiger partial charge in [0.25, 0.3) is 0 Å². The van der Waals surface area contributed by atoms with Crippen LogP contribution in [0.15, 0.2) is 66.2 Å². The highest BCUT2D eigenvalue weighted by Gasteiger charge is 2.54. The minimum absolute atomic E-state index is 0.0994. The topological polar surface area (TPSA) is 20.2 Å². The molecule has 148 valence electrons. The van der Waals surface area contributed by atoms with Crippen molar-refractivity contribution < 1.29 is 5.11 Å². The largest absolute Gasteiger partial charge is 0.393 e. The van der Waals surface area contributed by atoms with Gasteiger partial charge in [0.2, 0.25) is 0 Å². The molecule has 1 N–H and O–H groups in total. The molecule has 1 heteroatoms. The molecule has 0 radical (unpaired) electrons. The van der Waals surface area contributed by atoms with E-state index < -0.39 is 0 Å². The first-order valence-electron chi connectivity index (χ1n) is 11.2. The summed E-state index contributed by atoms with van der Waals surface area (Å²) in [5.74, 6) is 0.379. The number of unbranched alkanes of at least 4 members (excludes halogenated alkanes) is 3. The van der Waals surface area contributed by atoms with Crippen molar-refractivity contribution in [2.45, 2.75) is 70.8 Å². The van der Waals surface area contributed by atoms with Gasteiger partial charge < -0.3 is 5.11 Å². The van der Waals surface area contributed by atoms with Crippen molar-refractivity contribution in [2.24, 2.45) is 11.3 Å². The summed E-state index contributed by atoms with van der Waals surface area (Å²) in [4.78, 5) is 0. The monoisotopic (exact) mass is 374 g/mol. The van der Waals surface area contributed by atoms with Crippen molar-refractivity contribution in [2.75, 3.05) is 0 Å². The molecule has 0 heterocycles. The number of fused-ring (bicyclic) bond motifs is 1. The van der Waals surface area contributed by atoms with E-state index in [4.69, 9.17) is 0 Å². The van der Waals surface area contributed by atoms with Crippen molar-refractivity contribution in [3.63, 3.8) is 0 Å². The predicted octanol–water partition coefficient (Wildman–Crippen LogP) is 6.81. The Morgan fingerprint density at radius 2 is 1.64 bits per heavy atom. The van der Waals surface area contributed by atoms with Gasteiger partial charge in [-0.25, -0.2) is 0 Å². The number of aliphatic hydroxyl groups is 1. The summed E-state index contributed by atoms with van der Waals surface area (Å²) in [6.07, 6.45) is 10.4. The van der Waals surface area contributed by atoms with E-state index in [0.717, 1.165) is 25.7 Å². The zero-order chi connectivity index (χ0) is 19.4. The van der Waals surface area contributed by atoms with Crippen molar-refractivity contribution in [3.05, 3.63) is 77.4 Å². The van der Waals surface area contributed by atoms with E-state index in [1.54, 1.807) is 11.1 Å². The smallest absolute Gasteiger partial charge is 0.0580 e. The average Bonchev–Trinajstić information content (AvgIpc) is 3.20. The summed E-state index contributed by atoms with van der Waals surface area (Å²) >= 11 is 0. The predicted molar refractivity (Wildman–Crippen MR) is 118 cm³/mol. The Morgan fingerprint density at radius 3 is 2.36 bits per heavy atom. The molecule has 0 aromatic heterocycles. The Bertz CT molecular complexity index is 792. The summed E-state index contributed by atoms with van der Waals surface area (Å²) in [7, 11) is 0. The van der Waals surface area contributed by atoms with Gasteiger partial charge >= 0.3 is 0 Å². The SMILES string of the molecule is CCCCCCC1=C(c2ccccc2)C2(Cc3ccccc3)CCC(O)C2C1. The molecular formula is C27H34O. The molecule has 1 nitrogen and oxygen atoms in total. The molecule has 2 aliphatic rings. The van der Waals surface area contributed by atoms with Gasteiger partial charge in [0.1, 0.15) is 0 Å². The molecule has 2 aliphatic carbocycles. The van der Waals surface area contributed by atoms with Crippen LogP contribution in [0, 0.1) is 11.3 Å². The summed E-state index contributed by atoms with van der Waals surface area (Å²) in [5.41, 5.74) is 6.10. The van der Waals surface area contributed by atoms with Gasteiger partial charge in [-0.05, 0) is 61.1 Å². The van der Waals surface area contributed by atoms with E-state index in [0.29, 0.717) is 5.92 Å². The minimum atomic E-state index is -0.157. The number of hydrogen-bond donors (Lipinski definition) is 1. The van der Waals surface area contributed by atoms with Gasteiger partial charge in [0.15, 0.2) is 0 Å². The van der Waals surface area contributed by atoms with E-state index in [-0.39, 0.29) is 11.5 Å². The summed E-state index contributed by atoms with van der Waals surface area (Å²) in [6.45, 7) is 2.28. The lowest BCUT2D eigenvalue weighted by Gasteiger charge is -2.34. The van der Waals surface area contributed by atoms with Crippen LogP contribution >= 0.6 is 0 Å². The Kier molecular flexibility index (Phi) is 6.01. The van der Waals surface area contributed by atoms with Gasteiger partial charge in [0, 0.05) is 5.41 Å². The highest BCUT2D eigenvalue weighted by Crippen LogP contribution is 2.62. The van der Waals surface area contributed by atoms with Crippen LogP contribution in [-0.4, -0.2) is 11.2 Å². The van der Waals surface area contributed by atoms with E-state index >= 15 is 0 Å². The fourth-order valence-electron chi connectivity index (χ4n) is 5.88. The summed E-state index contributed by atoms with van der Waals surface area (Å²) in [6, 6.07) is 22.0. The number of allylic oxidation sites excluding steroid dienone is 2. The van der Waals surface area contributed by atoms with E-state index in [9.17, 15) is 5.11 Å². The highest BCUT2D eigenvalue weighted by molar-refractivity contribution is 5.77. The van der Waals surface area contributed by atoms with Crippen LogP contribution in [0.25, 0.3) is 5.57 Å². The lowest BCUT2D eigenvalue weighted by Crippen LogP contribution is -2.30. The number of benzene rings is 2. The molecule has 2 aromatic carbocycles. The first-order chi connectivity index (χ1) is 13.7. The van der Waals surface area contributed by atoms with E-state index in [1.807, 2.05) is 0 Å². The third-order valence-electron chi connectivity index (χ3n) is 7.14. The van der Waals surface area contributed by atoms with Gasteiger partial charge in [-0.15, -0.1) is 0 Å². The van der Waals surface area contributed by atoms with Crippen LogP contribution in [0.4, 0.5) is 0 Å². The van der Waals surface area contributed by atoms with Gasteiger partial charge in [-0.3, -0.25) is 0 Å². The van der Waals surface area contributed by atoms with Crippen LogP contribution < -0.4 is 0 Å². The minimum Gasteiger partial charge on any atom is -0.393 e. The third-order valence-corrected chi connectivity index (χ3v) is 7.14. The van der Waals surface area contributed by atoms with Gasteiger partial charge in [-0.1, -0.05) is 92.4 Å². The molecule has 1 saturated carbocycles. The second kappa shape index (κ2) is 8.66. The maximum Gasteiger partial charge on any atom is 0.0580 e. The average molecular weight is 375 g/mol. The van der Waals surface area contributed by atoms with Crippen LogP contribution in [0.1, 0.15) is 69.4 Å². The van der Waals surface area contributed by atoms with Crippen LogP contribution in [0.5, 0.6) is 0 Å². The highest BCUT2D eigenvalue weighted by atomic mass is 16.3. The fraction of sp³-hybridized carbons (Fsp3) is 0.481. The zero-order valence-electron chi connectivity index (χ0n) is 17.2. The van der Waals surface area contributed by atoms with Crippen molar-refractivity contribution in [3.8, 4) is 0 Å². The summed E-state index contributed by atoms with van der Waals surface area (Å²) in [5, 5.41) is 10.9. The van der Waals surface area contributed by atoms with Crippen molar-refractivity contribution in [1.82, 2.24) is 0 Å². The van der Waals surface area contributed by atoms with Crippen LogP contribution in [0.2, 0.25) is 0 Å². The van der Waals surface area contributed by atoms with Crippen molar-refractivity contribution >= 4 is 5.57 Å². The molecule has 0 aliphatic heterocycles. The molecule has 0 saturated heterocycles. The number of rotatable bonds is 8. The fourth-order valence-corrected chi connectivity index (χ4v) is 5.88. The maximum atomic E-state index is 10.9. The third kappa shape index (κ3) is 3.70. The lowest BCUT2D eigenvalue weighted by atomic mass is 9.69. The quantitative estimate of drug-likeness (QED) is 0.503. The molecule has 0 bridgehead atoms. The Labute approximate surface area is 170 Å². The van der Waals surface area contributed by atoms with E-state index in [1.165, 1.54) is 43.2 Å². The molecule has 0 amide bonds. The van der Waals surface area contributed by atoms with Gasteiger partial charge in [-0.2, -0.15) is 0 Å². The maximum absolute atomic E-state index is 10.9. The molecule has 4 rings (SSSR count). The molecular weight excluding hydrogens is 340 g/mol. The van der Waals surface area contributed by atoms with E-state index in [2.05, 4.69) is 67.6 Å². The Hall–Kier alpha value is -1.86.